The molecule has 0 unspecified atom stereocenters. The van der Waals surface area contributed by atoms with E-state index in [4.69, 9.17) is 4.74 Å². The summed E-state index contributed by atoms with van der Waals surface area (Å²) in [6.07, 6.45) is 1.32. The molecule has 0 fully saturated rings. The number of aromatic nitrogens is 1. The van der Waals surface area contributed by atoms with Crippen LogP contribution in [0.1, 0.15) is 5.56 Å². The normalized spacial score (nSPS) is 11.5. The predicted molar refractivity (Wildman–Crippen MR) is 98.7 cm³/mol. The molecule has 5 nitrogen and oxygen atoms in total. The van der Waals surface area contributed by atoms with Gasteiger partial charge in [0, 0.05) is 38.4 Å². The van der Waals surface area contributed by atoms with Gasteiger partial charge in [-0.3, -0.25) is 4.99 Å². The number of anilines is 1. The molecular formula is C19H19F2N3O2. The average Bonchev–Trinajstić information content (AvgIpc) is 2.94. The number of rotatable bonds is 6. The van der Waals surface area contributed by atoms with Crippen LogP contribution in [0.25, 0.3) is 10.9 Å². The topological polar surface area (TPSA) is 60.9 Å². The maximum atomic E-state index is 14.3. The van der Waals surface area contributed by atoms with E-state index < -0.39 is 11.6 Å². The average molecular weight is 359 g/mol. The van der Waals surface area contributed by atoms with Gasteiger partial charge in [0.1, 0.15) is 11.6 Å². The lowest BCUT2D eigenvalue weighted by atomic mass is 10.1. The van der Waals surface area contributed by atoms with E-state index >= 15 is 0 Å². The zero-order chi connectivity index (χ0) is 18.7. The Morgan fingerprint density at radius 1 is 1.23 bits per heavy atom. The van der Waals surface area contributed by atoms with Gasteiger partial charge in [0.25, 0.3) is 0 Å². The number of fused-ring (bicyclic) bond motifs is 1. The number of hydrogen-bond donors (Lipinski definition) is 2. The third-order valence-corrected chi connectivity index (χ3v) is 4.11. The number of aromatic amines is 1. The van der Waals surface area contributed by atoms with Crippen LogP contribution in [0.3, 0.4) is 0 Å². The van der Waals surface area contributed by atoms with Crippen molar-refractivity contribution in [2.45, 2.75) is 0 Å². The molecule has 3 aromatic rings. The van der Waals surface area contributed by atoms with Crippen molar-refractivity contribution in [3.63, 3.8) is 0 Å². The van der Waals surface area contributed by atoms with Gasteiger partial charge in [-0.05, 0) is 24.3 Å². The summed E-state index contributed by atoms with van der Waals surface area (Å²) in [7, 11) is 3.36. The molecule has 0 atom stereocenters. The predicted octanol–water partition coefficient (Wildman–Crippen LogP) is 3.98. The summed E-state index contributed by atoms with van der Waals surface area (Å²) in [4.78, 5) is 8.60. The number of benzene rings is 2. The van der Waals surface area contributed by atoms with Crippen LogP contribution in [-0.4, -0.2) is 43.6 Å². The minimum Gasteiger partial charge on any atom is -0.494 e. The van der Waals surface area contributed by atoms with E-state index in [1.807, 2.05) is 0 Å². The van der Waals surface area contributed by atoms with Gasteiger partial charge in [0.05, 0.1) is 29.1 Å². The fourth-order valence-corrected chi connectivity index (χ4v) is 2.71. The van der Waals surface area contributed by atoms with Gasteiger partial charge in [-0.15, -0.1) is 0 Å². The van der Waals surface area contributed by atoms with E-state index in [1.54, 1.807) is 43.3 Å². The van der Waals surface area contributed by atoms with Gasteiger partial charge in [-0.25, -0.2) is 8.78 Å². The lowest BCUT2D eigenvalue weighted by Gasteiger charge is -2.19. The Balaban J connectivity index is 1.88. The Kier molecular flexibility index (Phi) is 5.18. The van der Waals surface area contributed by atoms with E-state index in [-0.39, 0.29) is 16.8 Å². The number of H-pyrrole nitrogens is 1. The van der Waals surface area contributed by atoms with Crippen molar-refractivity contribution in [1.82, 2.24) is 4.98 Å². The Hall–Kier alpha value is -2.93. The van der Waals surface area contributed by atoms with Crippen molar-refractivity contribution in [2.24, 2.45) is 4.99 Å². The molecule has 1 heterocycles. The maximum absolute atomic E-state index is 14.3. The van der Waals surface area contributed by atoms with Crippen LogP contribution in [0.15, 0.2) is 41.4 Å². The largest absolute Gasteiger partial charge is 0.494 e. The summed E-state index contributed by atoms with van der Waals surface area (Å²) in [5, 5.41) is 10.2. The lowest BCUT2D eigenvalue weighted by molar-refractivity contribution is 0.206. The first-order valence-electron chi connectivity index (χ1n) is 8.04. The van der Waals surface area contributed by atoms with Gasteiger partial charge in [0.2, 0.25) is 0 Å². The van der Waals surface area contributed by atoms with Crippen LogP contribution >= 0.6 is 0 Å². The number of ether oxygens (including phenoxy) is 1. The molecule has 0 saturated heterocycles. The summed E-state index contributed by atoms with van der Waals surface area (Å²) in [6, 6.07) is 9.06. The molecule has 26 heavy (non-hydrogen) atoms. The number of halogens is 2. The molecule has 0 bridgehead atoms. The standard InChI is InChI=1S/C19H19F2N3O2/c1-24(8-9-26-2)17-7-6-12(10-15(17)21)22-11-13-18-14(20)4-3-5-16(18)23-19(13)25/h3-7,10-11,23,25H,8-9H2,1-2H3. The minimum atomic E-state index is -0.471. The Bertz CT molecular complexity index is 953. The molecule has 2 aromatic carbocycles. The van der Waals surface area contributed by atoms with E-state index in [1.165, 1.54) is 18.3 Å². The Morgan fingerprint density at radius 3 is 2.77 bits per heavy atom. The van der Waals surface area contributed by atoms with Gasteiger partial charge in [-0.1, -0.05) is 6.07 Å². The van der Waals surface area contributed by atoms with Crippen LogP contribution in [0.5, 0.6) is 5.88 Å². The second-order valence-corrected chi connectivity index (χ2v) is 5.86. The van der Waals surface area contributed by atoms with Crippen molar-refractivity contribution in [3.8, 4) is 5.88 Å². The minimum absolute atomic E-state index is 0.190. The summed E-state index contributed by atoms with van der Waals surface area (Å²) >= 11 is 0. The number of methoxy groups -OCH3 is 1. The van der Waals surface area contributed by atoms with Gasteiger partial charge >= 0.3 is 0 Å². The molecule has 0 amide bonds. The molecular weight excluding hydrogens is 340 g/mol. The summed E-state index contributed by atoms with van der Waals surface area (Å²) in [6.45, 7) is 1.04. The molecule has 3 rings (SSSR count). The highest BCUT2D eigenvalue weighted by atomic mass is 19.1. The second kappa shape index (κ2) is 7.53. The number of nitrogens with zero attached hydrogens (tertiary/aromatic N) is 2. The molecule has 7 heteroatoms. The highest BCUT2D eigenvalue weighted by Gasteiger charge is 2.13. The zero-order valence-corrected chi connectivity index (χ0v) is 14.5. The van der Waals surface area contributed by atoms with E-state index in [0.717, 1.165) is 0 Å². The molecule has 1 aromatic heterocycles. The highest BCUT2D eigenvalue weighted by molar-refractivity contribution is 6.02. The molecule has 0 aliphatic heterocycles. The SMILES string of the molecule is COCCN(C)c1ccc(N=Cc2c(O)[nH]c3cccc(F)c23)cc1F. The third-order valence-electron chi connectivity index (χ3n) is 4.11. The van der Waals surface area contributed by atoms with Gasteiger partial charge < -0.3 is 19.7 Å². The maximum Gasteiger partial charge on any atom is 0.198 e. The quantitative estimate of drug-likeness (QED) is 0.655. The Labute approximate surface area is 149 Å². The second-order valence-electron chi connectivity index (χ2n) is 5.86. The van der Waals surface area contributed by atoms with Crippen LogP contribution in [0, 0.1) is 11.6 Å². The van der Waals surface area contributed by atoms with Crippen LogP contribution < -0.4 is 4.90 Å². The third kappa shape index (κ3) is 3.52. The van der Waals surface area contributed by atoms with E-state index in [9.17, 15) is 13.9 Å². The summed E-state index contributed by atoms with van der Waals surface area (Å²) in [5.41, 5.74) is 1.48. The highest BCUT2D eigenvalue weighted by Crippen LogP contribution is 2.29. The van der Waals surface area contributed by atoms with Crippen molar-refractivity contribution >= 4 is 28.5 Å². The summed E-state index contributed by atoms with van der Waals surface area (Å²) in [5.74, 6) is -1.08. The molecule has 0 aliphatic rings. The van der Waals surface area contributed by atoms with Crippen molar-refractivity contribution in [1.29, 1.82) is 0 Å². The van der Waals surface area contributed by atoms with Gasteiger partial charge in [0.15, 0.2) is 5.88 Å². The van der Waals surface area contributed by atoms with Crippen molar-refractivity contribution in [2.75, 3.05) is 32.2 Å². The van der Waals surface area contributed by atoms with Crippen molar-refractivity contribution in [3.05, 3.63) is 53.6 Å². The number of aliphatic imine (C=N–C) groups is 1. The van der Waals surface area contributed by atoms with Crippen molar-refractivity contribution < 1.29 is 18.6 Å². The first-order valence-corrected chi connectivity index (χ1v) is 8.04. The lowest BCUT2D eigenvalue weighted by Crippen LogP contribution is -2.22. The monoisotopic (exact) mass is 359 g/mol. The smallest absolute Gasteiger partial charge is 0.198 e. The van der Waals surface area contributed by atoms with Gasteiger partial charge in [-0.2, -0.15) is 0 Å². The molecule has 2 N–H and O–H groups in total. The molecule has 0 aliphatic carbocycles. The number of aromatic hydroxyl groups is 1. The molecule has 0 spiro atoms. The Morgan fingerprint density at radius 2 is 2.04 bits per heavy atom. The molecule has 136 valence electrons. The fraction of sp³-hybridized carbons (Fsp3) is 0.211. The molecule has 0 saturated carbocycles. The zero-order valence-electron chi connectivity index (χ0n) is 14.5. The fourth-order valence-electron chi connectivity index (χ4n) is 2.71. The number of nitrogens with one attached hydrogen (secondary N) is 1. The van der Waals surface area contributed by atoms with Crippen LogP contribution in [0.4, 0.5) is 20.2 Å². The number of hydrogen-bond acceptors (Lipinski definition) is 4. The number of likely N-dealkylation sites (N-methyl/N-ethyl adjacent to an activating group) is 1. The summed E-state index contributed by atoms with van der Waals surface area (Å²) < 4.78 is 33.3. The molecule has 0 radical (unpaired) electrons. The van der Waals surface area contributed by atoms with Crippen LogP contribution in [0.2, 0.25) is 0 Å². The van der Waals surface area contributed by atoms with E-state index in [0.29, 0.717) is 30.0 Å². The first-order chi connectivity index (χ1) is 12.5. The first kappa shape index (κ1) is 17.9. The van der Waals surface area contributed by atoms with E-state index in [2.05, 4.69) is 9.98 Å². The van der Waals surface area contributed by atoms with Crippen LogP contribution in [-0.2, 0) is 4.74 Å².